The molecule has 0 spiro atoms. The van der Waals surface area contributed by atoms with E-state index in [-0.39, 0.29) is 6.61 Å². The fraction of sp³-hybridized carbons (Fsp3) is 0.438. The summed E-state index contributed by atoms with van der Waals surface area (Å²) < 4.78 is 0. The fourth-order valence-corrected chi connectivity index (χ4v) is 3.92. The zero-order valence-electron chi connectivity index (χ0n) is 11.7. The number of hydrogen-bond acceptors (Lipinski definition) is 4. The van der Waals surface area contributed by atoms with Gasteiger partial charge >= 0.3 is 0 Å². The maximum atomic E-state index is 9.43. The molecule has 0 saturated carbocycles. The van der Waals surface area contributed by atoms with Crippen molar-refractivity contribution in [3.8, 4) is 0 Å². The lowest BCUT2D eigenvalue weighted by Gasteiger charge is -2.34. The van der Waals surface area contributed by atoms with Gasteiger partial charge in [-0.05, 0) is 18.6 Å². The van der Waals surface area contributed by atoms with Gasteiger partial charge in [0.05, 0.1) is 17.8 Å². The Morgan fingerprint density at radius 3 is 3.05 bits per heavy atom. The monoisotopic (exact) mass is 288 g/mol. The van der Waals surface area contributed by atoms with Gasteiger partial charge in [0.25, 0.3) is 0 Å². The molecule has 1 atom stereocenters. The first-order valence-electron chi connectivity index (χ1n) is 7.18. The number of aliphatic hydroxyl groups excluding tert-OH is 1. The number of hydrogen-bond donors (Lipinski definition) is 1. The van der Waals surface area contributed by atoms with Crippen LogP contribution in [0.25, 0.3) is 10.9 Å². The Morgan fingerprint density at radius 2 is 2.25 bits per heavy atom. The normalized spacial score (nSPS) is 19.5. The quantitative estimate of drug-likeness (QED) is 0.941. The lowest BCUT2D eigenvalue weighted by atomic mass is 10.1. The molecule has 3 rings (SSSR count). The van der Waals surface area contributed by atoms with Crippen molar-refractivity contribution in [3.63, 3.8) is 0 Å². The topological polar surface area (TPSA) is 36.4 Å². The molecule has 1 aliphatic heterocycles. The Labute approximate surface area is 124 Å². The summed E-state index contributed by atoms with van der Waals surface area (Å²) in [7, 11) is 0. The molecule has 1 N–H and O–H groups in total. The molecule has 1 aromatic carbocycles. The van der Waals surface area contributed by atoms with Gasteiger partial charge in [0.15, 0.2) is 0 Å². The van der Waals surface area contributed by atoms with Crippen LogP contribution in [0.3, 0.4) is 0 Å². The van der Waals surface area contributed by atoms with Crippen molar-refractivity contribution >= 4 is 28.4 Å². The number of para-hydroxylation sites is 1. The SMILES string of the molecule is CCC1CN(c2cc(CO)nc3ccccc23)CCS1. The third kappa shape index (κ3) is 2.63. The summed E-state index contributed by atoms with van der Waals surface area (Å²) in [4.78, 5) is 6.96. The molecule has 0 bridgehead atoms. The molecule has 3 nitrogen and oxygen atoms in total. The first-order valence-corrected chi connectivity index (χ1v) is 8.22. The lowest BCUT2D eigenvalue weighted by molar-refractivity contribution is 0.277. The number of fused-ring (bicyclic) bond motifs is 1. The number of anilines is 1. The molecule has 0 aliphatic carbocycles. The molecule has 0 amide bonds. The number of benzene rings is 1. The molecule has 1 saturated heterocycles. The molecule has 1 unspecified atom stereocenters. The number of thioether (sulfide) groups is 1. The predicted octanol–water partition coefficient (Wildman–Crippen LogP) is 3.06. The van der Waals surface area contributed by atoms with Crippen molar-refractivity contribution in [2.24, 2.45) is 0 Å². The van der Waals surface area contributed by atoms with Gasteiger partial charge in [0.2, 0.25) is 0 Å². The standard InChI is InChI=1S/C16H20N2OS/c1-2-13-10-18(7-8-20-13)16-9-12(11-19)17-15-6-4-3-5-14(15)16/h3-6,9,13,19H,2,7-8,10-11H2,1H3. The smallest absolute Gasteiger partial charge is 0.0854 e. The summed E-state index contributed by atoms with van der Waals surface area (Å²) in [6, 6.07) is 10.3. The van der Waals surface area contributed by atoms with Crippen LogP contribution >= 0.6 is 11.8 Å². The lowest BCUT2D eigenvalue weighted by Crippen LogP contribution is -2.37. The van der Waals surface area contributed by atoms with Crippen LogP contribution < -0.4 is 4.90 Å². The van der Waals surface area contributed by atoms with Crippen molar-refractivity contribution in [1.82, 2.24) is 4.98 Å². The minimum absolute atomic E-state index is 0.00235. The van der Waals surface area contributed by atoms with E-state index in [1.807, 2.05) is 18.2 Å². The largest absolute Gasteiger partial charge is 0.390 e. The van der Waals surface area contributed by atoms with Crippen LogP contribution in [-0.2, 0) is 6.61 Å². The van der Waals surface area contributed by atoms with Gasteiger partial charge in [-0.2, -0.15) is 11.8 Å². The first-order chi connectivity index (χ1) is 9.81. The molecule has 1 aromatic heterocycles. The van der Waals surface area contributed by atoms with Crippen LogP contribution in [-0.4, -0.2) is 34.2 Å². The van der Waals surface area contributed by atoms with Crippen molar-refractivity contribution in [3.05, 3.63) is 36.0 Å². The second-order valence-corrected chi connectivity index (χ2v) is 6.56. The minimum atomic E-state index is -0.00235. The van der Waals surface area contributed by atoms with E-state index in [0.29, 0.717) is 5.25 Å². The summed E-state index contributed by atoms with van der Waals surface area (Å²) in [5.41, 5.74) is 2.95. The van der Waals surface area contributed by atoms with E-state index in [0.717, 1.165) is 24.3 Å². The number of aromatic nitrogens is 1. The van der Waals surface area contributed by atoms with Crippen LogP contribution in [0.15, 0.2) is 30.3 Å². The van der Waals surface area contributed by atoms with Crippen LogP contribution in [0.2, 0.25) is 0 Å². The molecule has 4 heteroatoms. The molecule has 2 heterocycles. The summed E-state index contributed by atoms with van der Waals surface area (Å²) in [6.45, 7) is 4.41. The third-order valence-corrected chi connectivity index (χ3v) is 5.22. The number of aliphatic hydroxyl groups is 1. The molecule has 1 fully saturated rings. The van der Waals surface area contributed by atoms with Gasteiger partial charge in [-0.15, -0.1) is 0 Å². The Kier molecular flexibility index (Phi) is 4.13. The number of nitrogens with zero attached hydrogens (tertiary/aromatic N) is 2. The Morgan fingerprint density at radius 1 is 1.40 bits per heavy atom. The van der Waals surface area contributed by atoms with Gasteiger partial charge in [-0.3, -0.25) is 4.98 Å². The Balaban J connectivity index is 2.04. The van der Waals surface area contributed by atoms with Crippen LogP contribution in [0.5, 0.6) is 0 Å². The zero-order chi connectivity index (χ0) is 13.9. The van der Waals surface area contributed by atoms with Crippen molar-refractivity contribution in [1.29, 1.82) is 0 Å². The van der Waals surface area contributed by atoms with Gasteiger partial charge in [0, 0.05) is 35.2 Å². The van der Waals surface area contributed by atoms with Crippen LogP contribution in [0.1, 0.15) is 19.0 Å². The minimum Gasteiger partial charge on any atom is -0.390 e. The van der Waals surface area contributed by atoms with Gasteiger partial charge in [0.1, 0.15) is 0 Å². The van der Waals surface area contributed by atoms with Gasteiger partial charge in [-0.1, -0.05) is 25.1 Å². The number of rotatable bonds is 3. The van der Waals surface area contributed by atoms with Crippen molar-refractivity contribution in [2.45, 2.75) is 25.2 Å². The first kappa shape index (κ1) is 13.7. The highest BCUT2D eigenvalue weighted by Crippen LogP contribution is 2.31. The van der Waals surface area contributed by atoms with E-state index in [1.165, 1.54) is 23.2 Å². The predicted molar refractivity (Wildman–Crippen MR) is 86.4 cm³/mol. The second-order valence-electron chi connectivity index (χ2n) is 5.16. The van der Waals surface area contributed by atoms with E-state index < -0.39 is 0 Å². The summed E-state index contributed by atoms with van der Waals surface area (Å²) >= 11 is 2.07. The molecule has 2 aromatic rings. The van der Waals surface area contributed by atoms with Gasteiger partial charge in [-0.25, -0.2) is 0 Å². The highest BCUT2D eigenvalue weighted by molar-refractivity contribution is 8.00. The van der Waals surface area contributed by atoms with E-state index >= 15 is 0 Å². The molecular formula is C16H20N2OS. The fourth-order valence-electron chi connectivity index (χ4n) is 2.74. The summed E-state index contributed by atoms with van der Waals surface area (Å²) in [6.07, 6.45) is 1.21. The molecule has 1 aliphatic rings. The number of pyridine rings is 1. The summed E-state index contributed by atoms with van der Waals surface area (Å²) in [5, 5.41) is 11.3. The van der Waals surface area contributed by atoms with E-state index in [9.17, 15) is 5.11 Å². The Bertz CT molecular complexity index is 602. The second kappa shape index (κ2) is 6.02. The molecule has 0 radical (unpaired) electrons. The molecular weight excluding hydrogens is 268 g/mol. The maximum absolute atomic E-state index is 9.43. The maximum Gasteiger partial charge on any atom is 0.0854 e. The molecule has 20 heavy (non-hydrogen) atoms. The summed E-state index contributed by atoms with van der Waals surface area (Å²) in [5.74, 6) is 1.17. The van der Waals surface area contributed by atoms with Crippen LogP contribution in [0.4, 0.5) is 5.69 Å². The molecule has 106 valence electrons. The highest BCUT2D eigenvalue weighted by atomic mass is 32.2. The van der Waals surface area contributed by atoms with Crippen molar-refractivity contribution in [2.75, 3.05) is 23.7 Å². The Hall–Kier alpha value is -1.26. The van der Waals surface area contributed by atoms with Crippen LogP contribution in [0, 0.1) is 0 Å². The third-order valence-electron chi connectivity index (χ3n) is 3.84. The van der Waals surface area contributed by atoms with Crippen molar-refractivity contribution < 1.29 is 5.11 Å². The van der Waals surface area contributed by atoms with E-state index in [4.69, 9.17) is 0 Å². The van der Waals surface area contributed by atoms with Gasteiger partial charge < -0.3 is 10.0 Å². The highest BCUT2D eigenvalue weighted by Gasteiger charge is 2.21. The average molecular weight is 288 g/mol. The van der Waals surface area contributed by atoms with E-state index in [1.54, 1.807) is 0 Å². The average Bonchev–Trinajstić information content (AvgIpc) is 2.53. The van der Waals surface area contributed by atoms with E-state index in [2.05, 4.69) is 40.7 Å². The zero-order valence-corrected chi connectivity index (χ0v) is 12.6.